The van der Waals surface area contributed by atoms with Gasteiger partial charge >= 0.3 is 5.97 Å². The first-order valence-corrected chi connectivity index (χ1v) is 6.72. The predicted octanol–water partition coefficient (Wildman–Crippen LogP) is 3.05. The molecule has 0 aliphatic heterocycles. The molecule has 0 radical (unpaired) electrons. The zero-order chi connectivity index (χ0) is 15.3. The Morgan fingerprint density at radius 3 is 2.75 bits per heavy atom. The predicted molar refractivity (Wildman–Crippen MR) is 75.1 cm³/mol. The van der Waals surface area contributed by atoms with Gasteiger partial charge in [-0.05, 0) is 23.9 Å². The number of carbonyl (C=O) groups excluding carboxylic acids is 1. The number of ether oxygens (including phenoxy) is 1. The highest BCUT2D eigenvalue weighted by Gasteiger charge is 2.28. The van der Waals surface area contributed by atoms with Gasteiger partial charge in [-0.3, -0.25) is 4.79 Å². The third-order valence-corrected chi connectivity index (χ3v) is 2.93. The molecule has 1 unspecified atom stereocenters. The number of rotatable bonds is 5. The second-order valence-corrected chi connectivity index (χ2v) is 5.75. The van der Waals surface area contributed by atoms with Crippen molar-refractivity contribution in [2.24, 2.45) is 5.41 Å². The average molecular weight is 304 g/mol. The summed E-state index contributed by atoms with van der Waals surface area (Å²) in [6, 6.07) is -0.345. The van der Waals surface area contributed by atoms with Gasteiger partial charge in [0, 0.05) is 6.04 Å². The Bertz CT molecular complexity index is 477. The highest BCUT2D eigenvalue weighted by molar-refractivity contribution is 6.28. The Hall–Kier alpha value is -1.43. The van der Waals surface area contributed by atoms with Crippen LogP contribution in [-0.2, 0) is 9.53 Å². The van der Waals surface area contributed by atoms with E-state index in [9.17, 15) is 9.18 Å². The first-order chi connectivity index (χ1) is 9.24. The lowest BCUT2D eigenvalue weighted by atomic mass is 9.84. The van der Waals surface area contributed by atoms with Gasteiger partial charge in [0.15, 0.2) is 11.6 Å². The maximum absolute atomic E-state index is 13.6. The van der Waals surface area contributed by atoms with Gasteiger partial charge in [-0.1, -0.05) is 20.8 Å². The van der Waals surface area contributed by atoms with Crippen LogP contribution in [0.5, 0.6) is 0 Å². The van der Waals surface area contributed by atoms with Crippen molar-refractivity contribution in [3.8, 4) is 0 Å². The van der Waals surface area contributed by atoms with E-state index >= 15 is 0 Å². The third kappa shape index (κ3) is 4.92. The molecule has 20 heavy (non-hydrogen) atoms. The highest BCUT2D eigenvalue weighted by atomic mass is 35.5. The molecule has 0 aliphatic rings. The molecule has 0 fully saturated rings. The zero-order valence-electron chi connectivity index (χ0n) is 12.0. The van der Waals surface area contributed by atoms with Gasteiger partial charge in [-0.15, -0.1) is 0 Å². The van der Waals surface area contributed by atoms with Crippen LogP contribution in [0, 0.1) is 11.2 Å². The lowest BCUT2D eigenvalue weighted by Crippen LogP contribution is -2.37. The fourth-order valence-corrected chi connectivity index (χ4v) is 1.71. The van der Waals surface area contributed by atoms with E-state index in [-0.39, 0.29) is 34.9 Å². The number of nitrogens with one attached hydrogen (secondary N) is 1. The molecule has 0 saturated heterocycles. The van der Waals surface area contributed by atoms with Gasteiger partial charge in [0.2, 0.25) is 5.28 Å². The number of esters is 1. The van der Waals surface area contributed by atoms with Gasteiger partial charge < -0.3 is 10.1 Å². The van der Waals surface area contributed by atoms with Crippen LogP contribution >= 0.6 is 11.6 Å². The summed E-state index contributed by atoms with van der Waals surface area (Å²) in [7, 11) is 0. The van der Waals surface area contributed by atoms with Crippen molar-refractivity contribution >= 4 is 23.4 Å². The smallest absolute Gasteiger partial charge is 0.307 e. The molecule has 5 nitrogen and oxygen atoms in total. The largest absolute Gasteiger partial charge is 0.466 e. The van der Waals surface area contributed by atoms with Crippen molar-refractivity contribution in [2.75, 3.05) is 11.9 Å². The zero-order valence-corrected chi connectivity index (χ0v) is 12.8. The van der Waals surface area contributed by atoms with Crippen molar-refractivity contribution in [3.63, 3.8) is 0 Å². The van der Waals surface area contributed by atoms with Crippen LogP contribution in [0.3, 0.4) is 0 Å². The fraction of sp³-hybridized carbons (Fsp3) is 0.615. The normalized spacial score (nSPS) is 12.9. The second-order valence-electron chi connectivity index (χ2n) is 5.41. The molecule has 1 atom stereocenters. The summed E-state index contributed by atoms with van der Waals surface area (Å²) < 4.78 is 18.6. The molecule has 0 aliphatic carbocycles. The van der Waals surface area contributed by atoms with E-state index in [1.165, 1.54) is 0 Å². The number of carbonyl (C=O) groups is 1. The summed E-state index contributed by atoms with van der Waals surface area (Å²) in [5, 5.41) is 2.85. The molecule has 1 N–H and O–H groups in total. The molecular formula is C13H19ClFN3O2. The number of anilines is 1. The maximum Gasteiger partial charge on any atom is 0.307 e. The van der Waals surface area contributed by atoms with E-state index in [0.29, 0.717) is 6.61 Å². The minimum atomic E-state index is -0.618. The van der Waals surface area contributed by atoms with Crippen molar-refractivity contribution in [1.29, 1.82) is 0 Å². The fourth-order valence-electron chi connectivity index (χ4n) is 1.57. The monoisotopic (exact) mass is 303 g/mol. The van der Waals surface area contributed by atoms with Crippen LogP contribution in [0.4, 0.5) is 10.2 Å². The molecule has 0 aromatic carbocycles. The molecule has 1 rings (SSSR count). The summed E-state index contributed by atoms with van der Waals surface area (Å²) in [6.07, 6.45) is 1.10. The SMILES string of the molecule is CCOC(=O)CC(Nc1nc(Cl)ncc1F)C(C)(C)C. The lowest BCUT2D eigenvalue weighted by Gasteiger charge is -2.31. The van der Waals surface area contributed by atoms with E-state index in [2.05, 4.69) is 15.3 Å². The third-order valence-electron chi connectivity index (χ3n) is 2.75. The van der Waals surface area contributed by atoms with Crippen molar-refractivity contribution < 1.29 is 13.9 Å². The summed E-state index contributed by atoms with van der Waals surface area (Å²) in [5.74, 6) is -0.984. The molecule has 1 aromatic heterocycles. The Labute approximate surface area is 122 Å². The van der Waals surface area contributed by atoms with Crippen LogP contribution in [0.25, 0.3) is 0 Å². The minimum Gasteiger partial charge on any atom is -0.466 e. The number of aromatic nitrogens is 2. The van der Waals surface area contributed by atoms with E-state index in [1.807, 2.05) is 20.8 Å². The number of hydrogen-bond acceptors (Lipinski definition) is 5. The molecule has 0 amide bonds. The van der Waals surface area contributed by atoms with E-state index in [0.717, 1.165) is 6.20 Å². The quantitative estimate of drug-likeness (QED) is 0.669. The maximum atomic E-state index is 13.6. The van der Waals surface area contributed by atoms with Crippen LogP contribution in [-0.4, -0.2) is 28.6 Å². The topological polar surface area (TPSA) is 64.1 Å². The molecule has 0 saturated carbocycles. The van der Waals surface area contributed by atoms with E-state index in [4.69, 9.17) is 16.3 Å². The molecular weight excluding hydrogens is 285 g/mol. The summed E-state index contributed by atoms with van der Waals surface area (Å²) in [5.41, 5.74) is -0.295. The average Bonchev–Trinajstić information content (AvgIpc) is 2.32. The van der Waals surface area contributed by atoms with Crippen LogP contribution in [0.1, 0.15) is 34.1 Å². The van der Waals surface area contributed by atoms with Gasteiger partial charge in [-0.25, -0.2) is 9.37 Å². The lowest BCUT2D eigenvalue weighted by molar-refractivity contribution is -0.143. The second kappa shape index (κ2) is 6.83. The van der Waals surface area contributed by atoms with Gasteiger partial charge in [0.25, 0.3) is 0 Å². The molecule has 1 aromatic rings. The molecule has 0 spiro atoms. The van der Waals surface area contributed by atoms with E-state index in [1.54, 1.807) is 6.92 Å². The van der Waals surface area contributed by atoms with Gasteiger partial charge in [-0.2, -0.15) is 4.98 Å². The summed E-state index contributed by atoms with van der Waals surface area (Å²) in [6.45, 7) is 7.85. The van der Waals surface area contributed by atoms with Crippen molar-refractivity contribution in [1.82, 2.24) is 9.97 Å². The van der Waals surface area contributed by atoms with Gasteiger partial charge in [0.05, 0.1) is 19.2 Å². The number of halogens is 2. The Morgan fingerprint density at radius 2 is 2.20 bits per heavy atom. The first kappa shape index (κ1) is 16.6. The Kier molecular flexibility index (Phi) is 5.68. The highest BCUT2D eigenvalue weighted by Crippen LogP contribution is 2.26. The number of nitrogens with zero attached hydrogens (tertiary/aromatic N) is 2. The Morgan fingerprint density at radius 1 is 1.55 bits per heavy atom. The van der Waals surface area contributed by atoms with Crippen LogP contribution in [0.2, 0.25) is 5.28 Å². The van der Waals surface area contributed by atoms with Gasteiger partial charge in [0.1, 0.15) is 0 Å². The summed E-state index contributed by atoms with van der Waals surface area (Å²) >= 11 is 5.65. The van der Waals surface area contributed by atoms with Crippen molar-refractivity contribution in [3.05, 3.63) is 17.3 Å². The number of hydrogen-bond donors (Lipinski definition) is 1. The van der Waals surface area contributed by atoms with E-state index < -0.39 is 5.82 Å². The minimum absolute atomic E-state index is 0.0192. The summed E-state index contributed by atoms with van der Waals surface area (Å²) in [4.78, 5) is 19.0. The molecule has 0 bridgehead atoms. The molecule has 112 valence electrons. The first-order valence-electron chi connectivity index (χ1n) is 6.34. The molecule has 7 heteroatoms. The van der Waals surface area contributed by atoms with Crippen LogP contribution in [0.15, 0.2) is 6.20 Å². The Balaban J connectivity index is 2.90. The standard InChI is InChI=1S/C13H19ClFN3O2/c1-5-20-10(19)6-9(13(2,3)4)17-11-8(15)7-16-12(14)18-11/h7,9H,5-6H2,1-4H3,(H,16,17,18). The van der Waals surface area contributed by atoms with Crippen molar-refractivity contribution in [2.45, 2.75) is 40.2 Å². The molecule has 1 heterocycles. The van der Waals surface area contributed by atoms with Crippen LogP contribution < -0.4 is 5.32 Å².